The van der Waals surface area contributed by atoms with Gasteiger partial charge in [-0.1, -0.05) is 71.7 Å². The maximum Gasteiger partial charge on any atom is 0.283 e. The number of nitrogens with one attached hydrogen (secondary N) is 1. The Labute approximate surface area is 210 Å². The Morgan fingerprint density at radius 3 is 2.56 bits per heavy atom. The fourth-order valence-corrected chi connectivity index (χ4v) is 4.77. The maximum atomic E-state index is 12.7. The number of carbonyl (C=O) groups excluding carboxylic acids is 1. The Balaban J connectivity index is 1.38. The molecule has 2 aliphatic heterocycles. The van der Waals surface area contributed by atoms with Gasteiger partial charge in [0.2, 0.25) is 5.17 Å². The van der Waals surface area contributed by atoms with E-state index in [9.17, 15) is 4.79 Å². The van der Waals surface area contributed by atoms with Crippen LogP contribution in [0.25, 0.3) is 6.08 Å². The van der Waals surface area contributed by atoms with Crippen LogP contribution in [-0.4, -0.2) is 27.0 Å². The Bertz CT molecular complexity index is 1420. The zero-order chi connectivity index (χ0) is 23.7. The number of fused-ring (bicyclic) bond motifs is 1. The van der Waals surface area contributed by atoms with Gasteiger partial charge < -0.3 is 4.74 Å². The molecule has 5 rings (SSSR count). The fourth-order valence-electron chi connectivity index (χ4n) is 3.37. The number of hydrogen-bond acceptors (Lipinski definition) is 5. The van der Waals surface area contributed by atoms with E-state index >= 15 is 0 Å². The van der Waals surface area contributed by atoms with Crippen molar-refractivity contribution in [3.63, 3.8) is 0 Å². The number of rotatable bonds is 5. The van der Waals surface area contributed by atoms with Crippen LogP contribution in [0.3, 0.4) is 0 Å². The summed E-state index contributed by atoms with van der Waals surface area (Å²) in [5, 5.41) is 16.5. The first kappa shape index (κ1) is 22.4. The lowest BCUT2D eigenvalue weighted by Crippen LogP contribution is -2.35. The molecule has 0 radical (unpaired) electrons. The second-order valence-corrected chi connectivity index (χ2v) is 9.13. The molecule has 1 N–H and O–H groups in total. The third kappa shape index (κ3) is 4.50. The molecule has 2 heterocycles. The third-order valence-electron chi connectivity index (χ3n) is 5.08. The summed E-state index contributed by atoms with van der Waals surface area (Å²) in [6.45, 7) is 0.312. The van der Waals surface area contributed by atoms with Crippen molar-refractivity contribution in [3.8, 4) is 5.75 Å². The van der Waals surface area contributed by atoms with Gasteiger partial charge >= 0.3 is 0 Å². The molecule has 2 aliphatic rings. The van der Waals surface area contributed by atoms with Crippen LogP contribution in [0.2, 0.25) is 10.0 Å². The number of hydrazone groups is 1. The van der Waals surface area contributed by atoms with Crippen LogP contribution in [0, 0.1) is 5.41 Å². The van der Waals surface area contributed by atoms with Crippen LogP contribution in [0.5, 0.6) is 5.75 Å². The van der Waals surface area contributed by atoms with Crippen LogP contribution in [0.15, 0.2) is 88.5 Å². The molecule has 0 aromatic heterocycles. The highest BCUT2D eigenvalue weighted by Gasteiger charge is 2.36. The van der Waals surface area contributed by atoms with Gasteiger partial charge in [0.05, 0.1) is 10.6 Å². The molecule has 9 heteroatoms. The fraction of sp³-hybridized carbons (Fsp3) is 0.0400. The highest BCUT2D eigenvalue weighted by Crippen LogP contribution is 2.33. The van der Waals surface area contributed by atoms with E-state index in [-0.39, 0.29) is 11.4 Å². The zero-order valence-electron chi connectivity index (χ0n) is 17.5. The SMILES string of the molecule is N=C1C(=Cc2cccc(OCc3ccccc3Cl)c2)C(=O)N=C2SC(c3ccccc3Cl)=NN12. The first-order valence-corrected chi connectivity index (χ1v) is 11.8. The molecule has 168 valence electrons. The average molecular weight is 507 g/mol. The number of carbonyl (C=O) groups is 1. The molecule has 3 aromatic carbocycles. The molecule has 0 atom stereocenters. The molecule has 0 saturated heterocycles. The summed E-state index contributed by atoms with van der Waals surface area (Å²) in [5.74, 6) is 0.0673. The topological polar surface area (TPSA) is 78.1 Å². The standard InChI is InChI=1S/C25H16Cl2N4O2S/c26-20-10-3-1-7-16(20)14-33-17-8-5-6-15(12-17)13-19-22(28)31-25(29-23(19)32)34-24(30-31)18-9-2-4-11-21(18)27/h1-13,28H,14H2. The third-order valence-corrected chi connectivity index (χ3v) is 6.72. The molecule has 3 aromatic rings. The van der Waals surface area contributed by atoms with Crippen LogP contribution >= 0.6 is 35.0 Å². The number of amidine groups is 2. The minimum atomic E-state index is -0.498. The van der Waals surface area contributed by atoms with E-state index in [1.807, 2.05) is 60.7 Å². The van der Waals surface area contributed by atoms with E-state index in [1.165, 1.54) is 16.8 Å². The van der Waals surface area contributed by atoms with Crippen LogP contribution in [0.4, 0.5) is 0 Å². The number of amides is 1. The number of aliphatic imine (C=N–C) groups is 1. The van der Waals surface area contributed by atoms with Gasteiger partial charge in [0.25, 0.3) is 5.91 Å². The molecule has 0 saturated carbocycles. The van der Waals surface area contributed by atoms with Crippen molar-refractivity contribution in [2.45, 2.75) is 6.61 Å². The largest absolute Gasteiger partial charge is 0.489 e. The highest BCUT2D eigenvalue weighted by molar-refractivity contribution is 8.27. The first-order chi connectivity index (χ1) is 16.5. The van der Waals surface area contributed by atoms with Crippen LogP contribution in [-0.2, 0) is 11.4 Å². The molecule has 6 nitrogen and oxygen atoms in total. The maximum absolute atomic E-state index is 12.7. The van der Waals surface area contributed by atoms with Crippen molar-refractivity contribution < 1.29 is 9.53 Å². The smallest absolute Gasteiger partial charge is 0.283 e. The summed E-state index contributed by atoms with van der Waals surface area (Å²) < 4.78 is 5.87. The van der Waals surface area contributed by atoms with Gasteiger partial charge in [-0.3, -0.25) is 10.2 Å². The predicted molar refractivity (Wildman–Crippen MR) is 138 cm³/mol. The number of halogens is 2. The summed E-state index contributed by atoms with van der Waals surface area (Å²) >= 11 is 13.7. The van der Waals surface area contributed by atoms with Gasteiger partial charge in [-0.25, -0.2) is 0 Å². The van der Waals surface area contributed by atoms with Crippen molar-refractivity contribution in [2.24, 2.45) is 10.1 Å². The second-order valence-electron chi connectivity index (χ2n) is 7.36. The lowest BCUT2D eigenvalue weighted by atomic mass is 10.1. The summed E-state index contributed by atoms with van der Waals surface area (Å²) in [6.07, 6.45) is 1.61. The van der Waals surface area contributed by atoms with Gasteiger partial charge in [-0.15, -0.1) is 0 Å². The first-order valence-electron chi connectivity index (χ1n) is 10.2. The molecule has 34 heavy (non-hydrogen) atoms. The quantitative estimate of drug-likeness (QED) is 0.415. The van der Waals surface area contributed by atoms with Crippen molar-refractivity contribution >= 4 is 63.0 Å². The average Bonchev–Trinajstić information content (AvgIpc) is 3.26. The molecule has 0 spiro atoms. The Morgan fingerprint density at radius 1 is 1.00 bits per heavy atom. The van der Waals surface area contributed by atoms with Crippen molar-refractivity contribution in [2.75, 3.05) is 0 Å². The van der Waals surface area contributed by atoms with Crippen molar-refractivity contribution in [1.29, 1.82) is 5.41 Å². The van der Waals surface area contributed by atoms with E-state index in [0.29, 0.717) is 38.2 Å². The van der Waals surface area contributed by atoms with Gasteiger partial charge in [0, 0.05) is 16.1 Å². The van der Waals surface area contributed by atoms with Crippen LogP contribution < -0.4 is 4.74 Å². The molecule has 1 amide bonds. The zero-order valence-corrected chi connectivity index (χ0v) is 19.9. The van der Waals surface area contributed by atoms with Crippen molar-refractivity contribution in [1.82, 2.24) is 5.01 Å². The molecule has 0 aliphatic carbocycles. The number of thioether (sulfide) groups is 1. The highest BCUT2D eigenvalue weighted by atomic mass is 35.5. The molecular weight excluding hydrogens is 491 g/mol. The lowest BCUT2D eigenvalue weighted by Gasteiger charge is -2.20. The monoisotopic (exact) mass is 506 g/mol. The number of hydrogen-bond donors (Lipinski definition) is 1. The molecule has 0 unspecified atom stereocenters. The normalized spacial score (nSPS) is 16.4. The Kier molecular flexibility index (Phi) is 6.24. The van der Waals surface area contributed by atoms with E-state index < -0.39 is 5.91 Å². The summed E-state index contributed by atoms with van der Waals surface area (Å²) in [5.41, 5.74) is 2.43. The van der Waals surface area contributed by atoms with E-state index in [0.717, 1.165) is 11.1 Å². The minimum absolute atomic E-state index is 0.0491. The van der Waals surface area contributed by atoms with Crippen LogP contribution in [0.1, 0.15) is 16.7 Å². The van der Waals surface area contributed by atoms with E-state index in [4.69, 9.17) is 33.3 Å². The van der Waals surface area contributed by atoms with Gasteiger partial charge in [0.15, 0.2) is 5.84 Å². The number of ether oxygens (including phenoxy) is 1. The summed E-state index contributed by atoms with van der Waals surface area (Å²) in [6, 6.07) is 22.0. The van der Waals surface area contributed by atoms with Gasteiger partial charge in [-0.05, 0) is 47.7 Å². The lowest BCUT2D eigenvalue weighted by molar-refractivity contribution is -0.114. The summed E-state index contributed by atoms with van der Waals surface area (Å²) in [7, 11) is 0. The van der Waals surface area contributed by atoms with Gasteiger partial charge in [-0.2, -0.15) is 15.1 Å². The number of benzene rings is 3. The van der Waals surface area contributed by atoms with Gasteiger partial charge in [0.1, 0.15) is 17.4 Å². The van der Waals surface area contributed by atoms with Crippen molar-refractivity contribution in [3.05, 3.63) is 105 Å². The molecule has 0 bridgehead atoms. The van der Waals surface area contributed by atoms with E-state index in [1.54, 1.807) is 18.2 Å². The number of nitrogens with zero attached hydrogens (tertiary/aromatic N) is 3. The Hall–Kier alpha value is -3.39. The minimum Gasteiger partial charge on any atom is -0.489 e. The van der Waals surface area contributed by atoms with E-state index in [2.05, 4.69) is 10.1 Å². The Morgan fingerprint density at radius 2 is 1.76 bits per heavy atom. The predicted octanol–water partition coefficient (Wildman–Crippen LogP) is 6.24. The molecule has 0 fully saturated rings. The second kappa shape index (κ2) is 9.46. The molecular formula is C25H16Cl2N4O2S. The summed E-state index contributed by atoms with van der Waals surface area (Å²) in [4.78, 5) is 16.9.